The maximum absolute atomic E-state index is 13.0. The highest BCUT2D eigenvalue weighted by Gasteiger charge is 2.29. The van der Waals surface area contributed by atoms with E-state index in [1.807, 2.05) is 31.2 Å². The molecule has 10 heteroatoms. The number of fused-ring (bicyclic) bond motifs is 2. The molecular weight excluding hydrogens is 410 g/mol. The van der Waals surface area contributed by atoms with Crippen LogP contribution in [0, 0.1) is 0 Å². The zero-order valence-corrected chi connectivity index (χ0v) is 17.5. The van der Waals surface area contributed by atoms with Crippen LogP contribution in [0.15, 0.2) is 47.3 Å². The van der Waals surface area contributed by atoms with E-state index >= 15 is 0 Å². The summed E-state index contributed by atoms with van der Waals surface area (Å²) >= 11 is 0. The van der Waals surface area contributed by atoms with Crippen molar-refractivity contribution in [3.8, 4) is 0 Å². The van der Waals surface area contributed by atoms with E-state index in [-0.39, 0.29) is 23.5 Å². The van der Waals surface area contributed by atoms with Gasteiger partial charge < -0.3 is 20.2 Å². The van der Waals surface area contributed by atoms with Crippen LogP contribution in [0.25, 0.3) is 21.9 Å². The van der Waals surface area contributed by atoms with Crippen molar-refractivity contribution in [2.45, 2.75) is 13.0 Å². The first-order chi connectivity index (χ1) is 15.5. The number of carbonyl (C=O) groups is 2. The zero-order chi connectivity index (χ0) is 22.2. The molecule has 4 aromatic rings. The van der Waals surface area contributed by atoms with Crippen LogP contribution in [0.5, 0.6) is 0 Å². The number of anilines is 1. The molecule has 10 nitrogen and oxygen atoms in total. The summed E-state index contributed by atoms with van der Waals surface area (Å²) in [7, 11) is 0. The first-order valence-electron chi connectivity index (χ1n) is 10.5. The molecular formula is C22H23N7O3. The normalized spacial score (nSPS) is 15.8. The Bertz CT molecular complexity index is 1360. The second-order valence-electron chi connectivity index (χ2n) is 7.95. The van der Waals surface area contributed by atoms with Crippen molar-refractivity contribution in [2.75, 3.05) is 31.5 Å². The molecule has 1 atom stereocenters. The molecule has 0 bridgehead atoms. The van der Waals surface area contributed by atoms with Crippen molar-refractivity contribution in [1.82, 2.24) is 30.0 Å². The first-order valence-corrected chi connectivity index (χ1v) is 10.5. The van der Waals surface area contributed by atoms with Gasteiger partial charge in [-0.25, -0.2) is 4.79 Å². The van der Waals surface area contributed by atoms with Crippen molar-refractivity contribution in [2.24, 2.45) is 0 Å². The van der Waals surface area contributed by atoms with Gasteiger partial charge in [0.2, 0.25) is 5.91 Å². The number of nitrogens with one attached hydrogen (secondary N) is 4. The number of aromatic nitrogens is 4. The Morgan fingerprint density at radius 1 is 1.00 bits per heavy atom. The van der Waals surface area contributed by atoms with Crippen LogP contribution in [0.2, 0.25) is 0 Å². The number of carbonyl (C=O) groups excluding carboxylic acids is 2. The third-order valence-corrected chi connectivity index (χ3v) is 5.99. The molecule has 2 aromatic heterocycles. The predicted octanol–water partition coefficient (Wildman–Crippen LogP) is 1.52. The molecule has 3 heterocycles. The van der Waals surface area contributed by atoms with E-state index in [4.69, 9.17) is 0 Å². The van der Waals surface area contributed by atoms with Crippen LogP contribution in [0.1, 0.15) is 17.4 Å². The summed E-state index contributed by atoms with van der Waals surface area (Å²) in [6.45, 7) is 4.08. The molecule has 0 spiro atoms. The molecule has 0 saturated carbocycles. The Labute approximate surface area is 182 Å². The van der Waals surface area contributed by atoms with Crippen molar-refractivity contribution < 1.29 is 9.59 Å². The second kappa shape index (κ2) is 7.97. The Morgan fingerprint density at radius 3 is 2.56 bits per heavy atom. The summed E-state index contributed by atoms with van der Waals surface area (Å²) in [5.74, 6) is -0.242. The molecule has 0 unspecified atom stereocenters. The molecule has 1 saturated heterocycles. The Kier molecular flexibility index (Phi) is 4.98. The fourth-order valence-electron chi connectivity index (χ4n) is 4.11. The van der Waals surface area contributed by atoms with Crippen LogP contribution in [0.3, 0.4) is 0 Å². The lowest BCUT2D eigenvalue weighted by Gasteiger charge is -2.37. The van der Waals surface area contributed by atoms with Gasteiger partial charge >= 0.3 is 5.69 Å². The highest BCUT2D eigenvalue weighted by molar-refractivity contribution is 6.04. The number of hydrogen-bond donors (Lipinski definition) is 4. The van der Waals surface area contributed by atoms with Crippen molar-refractivity contribution >= 4 is 39.4 Å². The Balaban J connectivity index is 1.20. The number of piperazine rings is 1. The van der Waals surface area contributed by atoms with Gasteiger partial charge in [0, 0.05) is 37.3 Å². The number of amides is 2. The zero-order valence-electron chi connectivity index (χ0n) is 17.5. The average molecular weight is 433 g/mol. The first kappa shape index (κ1) is 20.0. The number of imidazole rings is 1. The van der Waals surface area contributed by atoms with Gasteiger partial charge in [-0.2, -0.15) is 5.10 Å². The molecule has 2 aromatic carbocycles. The molecule has 0 radical (unpaired) electrons. The summed E-state index contributed by atoms with van der Waals surface area (Å²) < 4.78 is 0. The third-order valence-electron chi connectivity index (χ3n) is 5.99. The minimum absolute atomic E-state index is 0.104. The molecule has 2 amide bonds. The largest absolute Gasteiger partial charge is 0.335 e. The Hall–Kier alpha value is -3.92. The van der Waals surface area contributed by atoms with Crippen molar-refractivity contribution in [3.63, 3.8) is 0 Å². The lowest BCUT2D eigenvalue weighted by Crippen LogP contribution is -2.54. The van der Waals surface area contributed by atoms with E-state index in [1.165, 1.54) is 0 Å². The van der Waals surface area contributed by atoms with E-state index in [2.05, 4.69) is 30.4 Å². The lowest BCUT2D eigenvalue weighted by molar-refractivity contribution is -0.121. The molecule has 32 heavy (non-hydrogen) atoms. The maximum Gasteiger partial charge on any atom is 0.323 e. The highest BCUT2D eigenvalue weighted by atomic mass is 16.2. The van der Waals surface area contributed by atoms with Gasteiger partial charge in [0.25, 0.3) is 5.91 Å². The molecule has 5 rings (SSSR count). The summed E-state index contributed by atoms with van der Waals surface area (Å²) in [4.78, 5) is 46.3. The molecule has 164 valence electrons. The van der Waals surface area contributed by atoms with E-state index in [0.717, 1.165) is 10.9 Å². The molecule has 1 aliphatic heterocycles. The van der Waals surface area contributed by atoms with Gasteiger partial charge in [0.05, 0.1) is 22.6 Å². The van der Waals surface area contributed by atoms with Gasteiger partial charge in [-0.05, 0) is 31.2 Å². The quantitative estimate of drug-likeness (QED) is 0.388. The lowest BCUT2D eigenvalue weighted by atomic mass is 10.1. The number of aromatic amines is 3. The van der Waals surface area contributed by atoms with Gasteiger partial charge in [0.15, 0.2) is 5.69 Å². The van der Waals surface area contributed by atoms with Gasteiger partial charge in [-0.3, -0.25) is 19.6 Å². The van der Waals surface area contributed by atoms with Crippen LogP contribution in [-0.4, -0.2) is 74.0 Å². The van der Waals surface area contributed by atoms with E-state index in [1.54, 1.807) is 23.1 Å². The molecule has 1 fully saturated rings. The van der Waals surface area contributed by atoms with Crippen molar-refractivity contribution in [1.29, 1.82) is 0 Å². The fourth-order valence-corrected chi connectivity index (χ4v) is 4.11. The van der Waals surface area contributed by atoms with E-state index < -0.39 is 0 Å². The number of hydrogen-bond acceptors (Lipinski definition) is 5. The third kappa shape index (κ3) is 3.65. The van der Waals surface area contributed by atoms with Crippen molar-refractivity contribution in [3.05, 3.63) is 58.6 Å². The van der Waals surface area contributed by atoms with Gasteiger partial charge in [-0.1, -0.05) is 18.2 Å². The smallest absolute Gasteiger partial charge is 0.323 e. The van der Waals surface area contributed by atoms with E-state index in [0.29, 0.717) is 48.6 Å². The van der Waals surface area contributed by atoms with Gasteiger partial charge in [0.1, 0.15) is 0 Å². The number of para-hydroxylation sites is 1. The average Bonchev–Trinajstić information content (AvgIpc) is 3.40. The topological polar surface area (TPSA) is 130 Å². The highest BCUT2D eigenvalue weighted by Crippen LogP contribution is 2.19. The maximum atomic E-state index is 13.0. The summed E-state index contributed by atoms with van der Waals surface area (Å²) in [6, 6.07) is 12.4. The second-order valence-corrected chi connectivity index (χ2v) is 7.95. The fraction of sp³-hybridized carbons (Fsp3) is 0.273. The molecule has 0 aliphatic carbocycles. The number of nitrogens with zero attached hydrogens (tertiary/aromatic N) is 3. The minimum Gasteiger partial charge on any atom is -0.335 e. The Morgan fingerprint density at radius 2 is 1.75 bits per heavy atom. The standard InChI is InChI=1S/C22H23N7O3/c1-13(20(30)23-14-6-7-17-18(12-14)25-22(32)24-17)28-8-10-29(11-9-28)21(31)19-15-4-2-3-5-16(15)26-27-19/h2-7,12-13H,8-11H2,1H3,(H,23,30)(H,26,27)(H2,24,25,32)/t13-/m0/s1. The number of H-pyrrole nitrogens is 3. The van der Waals surface area contributed by atoms with Gasteiger partial charge in [-0.15, -0.1) is 0 Å². The van der Waals surface area contributed by atoms with Crippen LogP contribution in [-0.2, 0) is 4.79 Å². The molecule has 1 aliphatic rings. The van der Waals surface area contributed by atoms with Crippen LogP contribution < -0.4 is 11.0 Å². The van der Waals surface area contributed by atoms with E-state index in [9.17, 15) is 14.4 Å². The predicted molar refractivity (Wildman–Crippen MR) is 121 cm³/mol. The monoisotopic (exact) mass is 433 g/mol. The summed E-state index contributed by atoms with van der Waals surface area (Å²) in [5.41, 5.74) is 2.92. The number of rotatable bonds is 4. The summed E-state index contributed by atoms with van der Waals surface area (Å²) in [6.07, 6.45) is 0. The number of benzene rings is 2. The summed E-state index contributed by atoms with van der Waals surface area (Å²) in [5, 5.41) is 10.8. The van der Waals surface area contributed by atoms with Crippen LogP contribution in [0.4, 0.5) is 5.69 Å². The SMILES string of the molecule is C[C@@H](C(=O)Nc1ccc2[nH]c(=O)[nH]c2c1)N1CCN(C(=O)c2n[nH]c3ccccc23)CC1. The van der Waals surface area contributed by atoms with Crippen LogP contribution >= 0.6 is 0 Å². The minimum atomic E-state index is -0.362. The molecule has 4 N–H and O–H groups in total.